The van der Waals surface area contributed by atoms with E-state index in [1.807, 2.05) is 13.8 Å². The fraction of sp³-hybridized carbons (Fsp3) is 0.111. The molecule has 0 saturated carbocycles. The van der Waals surface area contributed by atoms with Gasteiger partial charge in [0, 0.05) is 0 Å². The SMILES string of the molecule is C=C.CC.c1ccc2c(c1)ccc1ccccc12. The monoisotopic (exact) mass is 236 g/mol. The zero-order valence-electron chi connectivity index (χ0n) is 11.2. The molecule has 3 rings (SSSR count). The van der Waals surface area contributed by atoms with Crippen molar-refractivity contribution in [2.45, 2.75) is 13.8 Å². The highest BCUT2D eigenvalue weighted by atomic mass is 14.0. The summed E-state index contributed by atoms with van der Waals surface area (Å²) in [6.07, 6.45) is 0. The highest BCUT2D eigenvalue weighted by Gasteiger charge is 1.97. The Morgan fingerprint density at radius 3 is 1.28 bits per heavy atom. The van der Waals surface area contributed by atoms with Crippen molar-refractivity contribution in [1.82, 2.24) is 0 Å². The minimum Gasteiger partial charge on any atom is -0.106 e. The van der Waals surface area contributed by atoms with Gasteiger partial charge >= 0.3 is 0 Å². The molecule has 0 aliphatic carbocycles. The van der Waals surface area contributed by atoms with Gasteiger partial charge in [0.05, 0.1) is 0 Å². The Balaban J connectivity index is 0.000000371. The van der Waals surface area contributed by atoms with Crippen molar-refractivity contribution in [3.8, 4) is 0 Å². The maximum atomic E-state index is 3.00. The molecular weight excluding hydrogens is 216 g/mol. The molecule has 0 aliphatic heterocycles. The Kier molecular flexibility index (Phi) is 5.66. The van der Waals surface area contributed by atoms with Crippen LogP contribution in [0.25, 0.3) is 21.5 Å². The van der Waals surface area contributed by atoms with Crippen molar-refractivity contribution in [2.24, 2.45) is 0 Å². The van der Waals surface area contributed by atoms with Gasteiger partial charge in [0.2, 0.25) is 0 Å². The Labute approximate surface area is 110 Å². The second-order valence-electron chi connectivity index (χ2n) is 3.51. The predicted molar refractivity (Wildman–Crippen MR) is 84.1 cm³/mol. The van der Waals surface area contributed by atoms with E-state index in [0.717, 1.165) is 0 Å². The van der Waals surface area contributed by atoms with Crippen molar-refractivity contribution in [3.05, 3.63) is 73.8 Å². The molecule has 0 bridgehead atoms. The highest BCUT2D eigenvalue weighted by Crippen LogP contribution is 2.24. The minimum atomic E-state index is 1.31. The molecule has 0 spiro atoms. The summed E-state index contributed by atoms with van der Waals surface area (Å²) < 4.78 is 0. The van der Waals surface area contributed by atoms with Crippen LogP contribution < -0.4 is 0 Å². The van der Waals surface area contributed by atoms with Gasteiger partial charge in [-0.05, 0) is 21.5 Å². The van der Waals surface area contributed by atoms with Gasteiger partial charge in [-0.25, -0.2) is 0 Å². The summed E-state index contributed by atoms with van der Waals surface area (Å²) in [6.45, 7) is 10.0. The summed E-state index contributed by atoms with van der Waals surface area (Å²) in [5.41, 5.74) is 0. The van der Waals surface area contributed by atoms with E-state index in [0.29, 0.717) is 0 Å². The largest absolute Gasteiger partial charge is 0.106 e. The maximum Gasteiger partial charge on any atom is -0.0105 e. The zero-order valence-corrected chi connectivity index (χ0v) is 11.2. The third-order valence-corrected chi connectivity index (χ3v) is 2.65. The molecule has 0 aliphatic rings. The maximum absolute atomic E-state index is 3.00. The first-order chi connectivity index (χ1) is 8.95. The summed E-state index contributed by atoms with van der Waals surface area (Å²) in [5, 5.41) is 5.30. The molecule has 0 aromatic heterocycles. The zero-order chi connectivity index (χ0) is 13.4. The van der Waals surface area contributed by atoms with Crippen molar-refractivity contribution >= 4 is 21.5 Å². The average molecular weight is 236 g/mol. The van der Waals surface area contributed by atoms with Gasteiger partial charge < -0.3 is 0 Å². The molecule has 0 unspecified atom stereocenters. The molecule has 3 aromatic carbocycles. The number of hydrogen-bond donors (Lipinski definition) is 0. The Morgan fingerprint density at radius 1 is 0.556 bits per heavy atom. The molecule has 0 saturated heterocycles. The normalized spacial score (nSPS) is 9.00. The third kappa shape index (κ3) is 2.78. The Morgan fingerprint density at radius 2 is 0.889 bits per heavy atom. The molecule has 0 N–H and O–H groups in total. The lowest BCUT2D eigenvalue weighted by Crippen LogP contribution is -1.75. The fourth-order valence-corrected chi connectivity index (χ4v) is 1.95. The van der Waals surface area contributed by atoms with Crippen LogP contribution in [-0.4, -0.2) is 0 Å². The van der Waals surface area contributed by atoms with E-state index >= 15 is 0 Å². The van der Waals surface area contributed by atoms with Crippen LogP contribution in [0.3, 0.4) is 0 Å². The van der Waals surface area contributed by atoms with Crippen molar-refractivity contribution in [3.63, 3.8) is 0 Å². The second-order valence-corrected chi connectivity index (χ2v) is 3.51. The topological polar surface area (TPSA) is 0 Å². The summed E-state index contributed by atoms with van der Waals surface area (Å²) in [7, 11) is 0. The van der Waals surface area contributed by atoms with E-state index < -0.39 is 0 Å². The van der Waals surface area contributed by atoms with Crippen LogP contribution >= 0.6 is 0 Å². The molecular formula is C18H20. The second kappa shape index (κ2) is 7.29. The minimum absolute atomic E-state index is 1.31. The average Bonchev–Trinajstić information content (AvgIpc) is 2.51. The fourth-order valence-electron chi connectivity index (χ4n) is 1.95. The van der Waals surface area contributed by atoms with E-state index in [9.17, 15) is 0 Å². The van der Waals surface area contributed by atoms with E-state index in [-0.39, 0.29) is 0 Å². The standard InChI is InChI=1S/C14H10.C2H6.C2H4/c1-3-7-13-11(5-1)9-10-12-6-2-4-8-14(12)13;2*1-2/h1-10H;1-2H3;1-2H2. The number of rotatable bonds is 0. The number of benzene rings is 3. The van der Waals surface area contributed by atoms with Crippen molar-refractivity contribution < 1.29 is 0 Å². The molecule has 0 radical (unpaired) electrons. The molecule has 0 heterocycles. The molecule has 0 fully saturated rings. The summed E-state index contributed by atoms with van der Waals surface area (Å²) in [6, 6.07) is 21.4. The molecule has 3 aromatic rings. The van der Waals surface area contributed by atoms with Crippen LogP contribution in [0.4, 0.5) is 0 Å². The van der Waals surface area contributed by atoms with Crippen molar-refractivity contribution in [2.75, 3.05) is 0 Å². The smallest absolute Gasteiger partial charge is 0.0105 e. The Hall–Kier alpha value is -2.08. The lowest BCUT2D eigenvalue weighted by Gasteiger charge is -2.02. The third-order valence-electron chi connectivity index (χ3n) is 2.65. The lowest BCUT2D eigenvalue weighted by molar-refractivity contribution is 1.50. The van der Waals surface area contributed by atoms with Crippen LogP contribution in [0, 0.1) is 0 Å². The van der Waals surface area contributed by atoms with E-state index in [1.165, 1.54) is 21.5 Å². The molecule has 0 atom stereocenters. The van der Waals surface area contributed by atoms with Crippen molar-refractivity contribution in [1.29, 1.82) is 0 Å². The first-order valence-corrected chi connectivity index (χ1v) is 6.32. The lowest BCUT2D eigenvalue weighted by atomic mass is 10.0. The molecule has 0 nitrogen and oxygen atoms in total. The number of hydrogen-bond acceptors (Lipinski definition) is 0. The van der Waals surface area contributed by atoms with E-state index in [4.69, 9.17) is 0 Å². The van der Waals surface area contributed by atoms with Gasteiger partial charge in [0.1, 0.15) is 0 Å². The summed E-state index contributed by atoms with van der Waals surface area (Å²) in [5.74, 6) is 0. The van der Waals surface area contributed by atoms with E-state index in [1.54, 1.807) is 0 Å². The first kappa shape index (κ1) is 14.0. The molecule has 0 heteroatoms. The molecule has 18 heavy (non-hydrogen) atoms. The van der Waals surface area contributed by atoms with Crippen LogP contribution in [0.5, 0.6) is 0 Å². The van der Waals surface area contributed by atoms with Gasteiger partial charge in [-0.15, -0.1) is 13.2 Å². The van der Waals surface area contributed by atoms with Gasteiger partial charge in [0.15, 0.2) is 0 Å². The Bertz CT molecular complexity index is 554. The van der Waals surface area contributed by atoms with Crippen LogP contribution in [0.2, 0.25) is 0 Å². The van der Waals surface area contributed by atoms with Crippen LogP contribution in [0.1, 0.15) is 13.8 Å². The highest BCUT2D eigenvalue weighted by molar-refractivity contribution is 6.07. The van der Waals surface area contributed by atoms with Gasteiger partial charge in [-0.2, -0.15) is 0 Å². The van der Waals surface area contributed by atoms with Crippen LogP contribution in [0.15, 0.2) is 73.8 Å². The van der Waals surface area contributed by atoms with Crippen LogP contribution in [-0.2, 0) is 0 Å². The van der Waals surface area contributed by atoms with Gasteiger partial charge in [-0.3, -0.25) is 0 Å². The van der Waals surface area contributed by atoms with Gasteiger partial charge in [-0.1, -0.05) is 74.5 Å². The summed E-state index contributed by atoms with van der Waals surface area (Å²) >= 11 is 0. The predicted octanol–water partition coefficient (Wildman–Crippen LogP) is 5.82. The number of fused-ring (bicyclic) bond motifs is 3. The molecule has 92 valence electrons. The summed E-state index contributed by atoms with van der Waals surface area (Å²) in [4.78, 5) is 0. The molecule has 0 amide bonds. The first-order valence-electron chi connectivity index (χ1n) is 6.32. The quantitative estimate of drug-likeness (QED) is 0.341. The van der Waals surface area contributed by atoms with Gasteiger partial charge in [0.25, 0.3) is 0 Å². The van der Waals surface area contributed by atoms with E-state index in [2.05, 4.69) is 73.8 Å².